The first-order valence-electron chi connectivity index (χ1n) is 15.6. The molecule has 0 aliphatic heterocycles. The van der Waals surface area contributed by atoms with Gasteiger partial charge >= 0.3 is 5.97 Å². The lowest BCUT2D eigenvalue weighted by Crippen LogP contribution is -2.36. The standard InChI is InChI=1S/C36H39N5O3S/c1-22(2)25-18-17-23(3)19-32(25)44-35(43)27-13-7-9-15-30(27)38-33(42)21-45-36-40-39-34(41(36)31-16-10-5-11-24(31)4)28-20-37-29-14-8-6-12-26(28)29/h5-16,20,22-23,25,32,37H,17-19,21H2,1-4H3,(H,38,42)/t23-,25+,32+/m0/s1. The first-order valence-corrected chi connectivity index (χ1v) is 16.6. The number of thioether (sulfide) groups is 1. The molecule has 1 aliphatic rings. The minimum absolute atomic E-state index is 0.0802. The molecule has 232 valence electrons. The lowest BCUT2D eigenvalue weighted by atomic mass is 9.75. The molecule has 3 aromatic carbocycles. The van der Waals surface area contributed by atoms with E-state index < -0.39 is 5.97 Å². The maximum absolute atomic E-state index is 13.4. The molecule has 0 saturated heterocycles. The molecule has 2 heterocycles. The van der Waals surface area contributed by atoms with Crippen molar-refractivity contribution in [2.75, 3.05) is 11.1 Å². The number of benzene rings is 3. The molecule has 5 aromatic rings. The molecule has 8 nitrogen and oxygen atoms in total. The predicted octanol–water partition coefficient (Wildman–Crippen LogP) is 8.07. The molecule has 0 radical (unpaired) electrons. The summed E-state index contributed by atoms with van der Waals surface area (Å²) in [6, 6.07) is 23.2. The summed E-state index contributed by atoms with van der Waals surface area (Å²) in [4.78, 5) is 30.0. The number of fused-ring (bicyclic) bond motifs is 1. The highest BCUT2D eigenvalue weighted by Gasteiger charge is 2.34. The first kappa shape index (κ1) is 30.6. The number of ether oxygens (including phenoxy) is 1. The van der Waals surface area contributed by atoms with Gasteiger partial charge in [0.15, 0.2) is 11.0 Å². The maximum atomic E-state index is 13.4. The summed E-state index contributed by atoms with van der Waals surface area (Å²) in [5.74, 6) is 1.41. The number of carbonyl (C=O) groups is 2. The number of nitrogens with zero attached hydrogens (tertiary/aromatic N) is 3. The van der Waals surface area contributed by atoms with Gasteiger partial charge in [-0.05, 0) is 67.3 Å². The zero-order valence-electron chi connectivity index (χ0n) is 26.1. The van der Waals surface area contributed by atoms with Gasteiger partial charge in [-0.3, -0.25) is 9.36 Å². The number of rotatable bonds is 9. The van der Waals surface area contributed by atoms with Crippen molar-refractivity contribution in [3.8, 4) is 17.1 Å². The van der Waals surface area contributed by atoms with Crippen molar-refractivity contribution >= 4 is 40.2 Å². The van der Waals surface area contributed by atoms with Crippen molar-refractivity contribution in [2.24, 2.45) is 17.8 Å². The largest absolute Gasteiger partial charge is 0.458 e. The minimum atomic E-state index is -0.397. The normalized spacial score (nSPS) is 18.3. The lowest BCUT2D eigenvalue weighted by molar-refractivity contribution is -0.113. The van der Waals surface area contributed by atoms with Crippen LogP contribution in [0.5, 0.6) is 0 Å². The summed E-state index contributed by atoms with van der Waals surface area (Å²) >= 11 is 1.30. The molecular formula is C36H39N5O3S. The molecular weight excluding hydrogens is 582 g/mol. The van der Waals surface area contributed by atoms with E-state index in [0.29, 0.717) is 40.0 Å². The first-order chi connectivity index (χ1) is 21.8. The second kappa shape index (κ2) is 13.3. The van der Waals surface area contributed by atoms with Crippen molar-refractivity contribution in [2.45, 2.75) is 58.2 Å². The number of nitrogens with one attached hydrogen (secondary N) is 2. The highest BCUT2D eigenvalue weighted by Crippen LogP contribution is 2.37. The molecule has 2 N–H and O–H groups in total. The van der Waals surface area contributed by atoms with E-state index in [-0.39, 0.29) is 17.8 Å². The van der Waals surface area contributed by atoms with Crippen LogP contribution in [0.15, 0.2) is 84.1 Å². The fourth-order valence-corrected chi connectivity index (χ4v) is 7.11. The van der Waals surface area contributed by atoms with Gasteiger partial charge in [0.25, 0.3) is 0 Å². The van der Waals surface area contributed by atoms with Crippen LogP contribution in [0.3, 0.4) is 0 Å². The highest BCUT2D eigenvalue weighted by molar-refractivity contribution is 7.99. The van der Waals surface area contributed by atoms with Gasteiger partial charge in [-0.25, -0.2) is 4.79 Å². The Bertz CT molecular complexity index is 1830. The SMILES string of the molecule is Cc1ccccc1-n1c(SCC(=O)Nc2ccccc2C(=O)O[C@@H]2C[C@@H](C)CC[C@@H]2C(C)C)nnc1-c1c[nH]c2ccccc12. The number of esters is 1. The van der Waals surface area contributed by atoms with E-state index in [1.807, 2.05) is 60.2 Å². The van der Waals surface area contributed by atoms with E-state index >= 15 is 0 Å². The highest BCUT2D eigenvalue weighted by atomic mass is 32.2. The van der Waals surface area contributed by atoms with Gasteiger partial charge in [0, 0.05) is 22.7 Å². The summed E-state index contributed by atoms with van der Waals surface area (Å²) < 4.78 is 8.10. The molecule has 1 aliphatic carbocycles. The van der Waals surface area contributed by atoms with Crippen LogP contribution in [-0.2, 0) is 9.53 Å². The fourth-order valence-electron chi connectivity index (χ4n) is 6.36. The quantitative estimate of drug-likeness (QED) is 0.127. The molecule has 2 aromatic heterocycles. The number of amides is 1. The van der Waals surface area contributed by atoms with Gasteiger partial charge in [0.2, 0.25) is 5.91 Å². The molecule has 3 atom stereocenters. The molecule has 1 amide bonds. The molecule has 1 fully saturated rings. The summed E-state index contributed by atoms with van der Waals surface area (Å²) in [6.45, 7) is 8.64. The topological polar surface area (TPSA) is 102 Å². The number of H-pyrrole nitrogens is 1. The molecule has 0 bridgehead atoms. The smallest absolute Gasteiger partial charge is 0.340 e. The van der Waals surface area contributed by atoms with Crippen LogP contribution >= 0.6 is 11.8 Å². The number of para-hydroxylation sites is 3. The minimum Gasteiger partial charge on any atom is -0.458 e. The number of aromatic amines is 1. The number of aromatic nitrogens is 4. The van der Waals surface area contributed by atoms with Gasteiger partial charge in [-0.1, -0.05) is 87.5 Å². The van der Waals surface area contributed by atoms with Crippen LogP contribution in [0.4, 0.5) is 5.69 Å². The average molecular weight is 622 g/mol. The van der Waals surface area contributed by atoms with Gasteiger partial charge in [0.05, 0.1) is 22.7 Å². The van der Waals surface area contributed by atoms with Crippen molar-refractivity contribution in [3.05, 3.63) is 90.1 Å². The monoisotopic (exact) mass is 621 g/mol. The van der Waals surface area contributed by atoms with Gasteiger partial charge in [-0.2, -0.15) is 0 Å². The molecule has 0 unspecified atom stereocenters. The van der Waals surface area contributed by atoms with Gasteiger partial charge < -0.3 is 15.0 Å². The van der Waals surface area contributed by atoms with E-state index in [4.69, 9.17) is 4.74 Å². The Labute approximate surface area is 268 Å². The van der Waals surface area contributed by atoms with Crippen LogP contribution < -0.4 is 5.32 Å². The average Bonchev–Trinajstić information content (AvgIpc) is 3.64. The van der Waals surface area contributed by atoms with Crippen LogP contribution in [0, 0.1) is 24.7 Å². The molecule has 6 rings (SSSR count). The van der Waals surface area contributed by atoms with E-state index in [1.165, 1.54) is 11.8 Å². The Hall–Kier alpha value is -4.37. The Morgan fingerprint density at radius 3 is 2.60 bits per heavy atom. The Morgan fingerprint density at radius 2 is 1.78 bits per heavy atom. The maximum Gasteiger partial charge on any atom is 0.340 e. The third-order valence-corrected chi connectivity index (χ3v) is 9.72. The van der Waals surface area contributed by atoms with Gasteiger partial charge in [0.1, 0.15) is 6.10 Å². The van der Waals surface area contributed by atoms with Gasteiger partial charge in [-0.15, -0.1) is 10.2 Å². The Kier molecular flexibility index (Phi) is 9.07. The second-order valence-corrected chi connectivity index (χ2v) is 13.3. The van der Waals surface area contributed by atoms with E-state index in [9.17, 15) is 9.59 Å². The summed E-state index contributed by atoms with van der Waals surface area (Å²) in [6.07, 6.45) is 4.89. The fraction of sp³-hybridized carbons (Fsp3) is 0.333. The van der Waals surface area contributed by atoms with E-state index in [0.717, 1.165) is 47.0 Å². The second-order valence-electron chi connectivity index (χ2n) is 12.3. The number of anilines is 1. The zero-order valence-corrected chi connectivity index (χ0v) is 26.9. The zero-order chi connectivity index (χ0) is 31.5. The van der Waals surface area contributed by atoms with Crippen LogP contribution in [0.1, 0.15) is 56.0 Å². The van der Waals surface area contributed by atoms with Crippen LogP contribution in [-0.4, -0.2) is 43.5 Å². The van der Waals surface area contributed by atoms with E-state index in [2.05, 4.69) is 47.3 Å². The molecule has 9 heteroatoms. The third-order valence-electron chi connectivity index (χ3n) is 8.79. The number of carbonyl (C=O) groups excluding carboxylic acids is 2. The Morgan fingerprint density at radius 1 is 1.02 bits per heavy atom. The number of hydrogen-bond donors (Lipinski definition) is 2. The number of hydrogen-bond acceptors (Lipinski definition) is 6. The number of aryl methyl sites for hydroxylation is 1. The molecule has 45 heavy (non-hydrogen) atoms. The van der Waals surface area contributed by atoms with Crippen molar-refractivity contribution in [1.82, 2.24) is 19.7 Å². The summed E-state index contributed by atoms with van der Waals surface area (Å²) in [5, 5.41) is 13.7. The van der Waals surface area contributed by atoms with Crippen molar-refractivity contribution < 1.29 is 14.3 Å². The van der Waals surface area contributed by atoms with Crippen molar-refractivity contribution in [1.29, 1.82) is 0 Å². The lowest BCUT2D eigenvalue weighted by Gasteiger charge is -2.36. The predicted molar refractivity (Wildman–Crippen MR) is 180 cm³/mol. The molecule has 1 saturated carbocycles. The van der Waals surface area contributed by atoms with Crippen molar-refractivity contribution in [3.63, 3.8) is 0 Å². The van der Waals surface area contributed by atoms with Crippen LogP contribution in [0.2, 0.25) is 0 Å². The Balaban J connectivity index is 1.21. The third kappa shape index (κ3) is 6.54. The van der Waals surface area contributed by atoms with E-state index in [1.54, 1.807) is 24.3 Å². The van der Waals surface area contributed by atoms with Crippen LogP contribution in [0.25, 0.3) is 28.0 Å². The molecule has 0 spiro atoms. The summed E-state index contributed by atoms with van der Waals surface area (Å²) in [5.41, 5.74) is 4.74. The summed E-state index contributed by atoms with van der Waals surface area (Å²) in [7, 11) is 0.